The molecule has 0 aliphatic rings. The van der Waals surface area contributed by atoms with Gasteiger partial charge in [0.15, 0.2) is 11.6 Å². The molecule has 6 heteroatoms. The number of aromatic nitrogens is 6. The number of hydrogen-bond donors (Lipinski definition) is 0. The van der Waals surface area contributed by atoms with Crippen molar-refractivity contribution in [2.75, 3.05) is 0 Å². The van der Waals surface area contributed by atoms with Crippen molar-refractivity contribution in [3.05, 3.63) is 145 Å². The second-order valence-electron chi connectivity index (χ2n) is 9.81. The summed E-state index contributed by atoms with van der Waals surface area (Å²) in [6.45, 7) is 0. The molecule has 206 valence electrons. The van der Waals surface area contributed by atoms with Crippen molar-refractivity contribution in [2.45, 2.75) is 0 Å². The molecular formula is C38H24N6. The molecule has 4 heterocycles. The summed E-state index contributed by atoms with van der Waals surface area (Å²) >= 11 is 0. The van der Waals surface area contributed by atoms with Gasteiger partial charge in [-0.15, -0.1) is 0 Å². The molecule has 0 bridgehead atoms. The van der Waals surface area contributed by atoms with Gasteiger partial charge >= 0.3 is 0 Å². The van der Waals surface area contributed by atoms with E-state index in [4.69, 9.17) is 32.8 Å². The summed E-state index contributed by atoms with van der Waals surface area (Å²) < 4.78 is 115. The summed E-state index contributed by atoms with van der Waals surface area (Å²) in [7, 11) is 0. The number of benzene rings is 5. The minimum atomic E-state index is -0.661. The van der Waals surface area contributed by atoms with Crippen molar-refractivity contribution in [2.24, 2.45) is 0 Å². The van der Waals surface area contributed by atoms with Gasteiger partial charge in [0, 0.05) is 38.9 Å². The first kappa shape index (κ1) is 14.8. The van der Waals surface area contributed by atoms with E-state index in [0.717, 1.165) is 20.9 Å². The minimum Gasteiger partial charge on any atom is -0.293 e. The first-order chi connectivity index (χ1) is 27.2. The molecule has 0 fully saturated rings. The minimum absolute atomic E-state index is 0.101. The van der Waals surface area contributed by atoms with Crippen LogP contribution in [0.2, 0.25) is 0 Å². The molecule has 6 nitrogen and oxygen atoms in total. The van der Waals surface area contributed by atoms with Crippen molar-refractivity contribution in [3.8, 4) is 34.4 Å². The van der Waals surface area contributed by atoms with E-state index in [-0.39, 0.29) is 27.6 Å². The van der Waals surface area contributed by atoms with Crippen LogP contribution < -0.4 is 0 Å². The molecule has 0 saturated heterocycles. The Balaban J connectivity index is 1.48. The molecule has 0 radical (unpaired) electrons. The van der Waals surface area contributed by atoms with Gasteiger partial charge in [0.25, 0.3) is 0 Å². The third kappa shape index (κ3) is 3.68. The third-order valence-electron chi connectivity index (χ3n) is 7.40. The van der Waals surface area contributed by atoms with Crippen molar-refractivity contribution < 1.29 is 17.8 Å². The first-order valence-electron chi connectivity index (χ1n) is 20.0. The maximum absolute atomic E-state index is 9.02. The quantitative estimate of drug-likeness (QED) is 0.210. The second-order valence-corrected chi connectivity index (χ2v) is 9.81. The van der Waals surface area contributed by atoms with Gasteiger partial charge in [0.2, 0.25) is 5.95 Å². The summed E-state index contributed by atoms with van der Waals surface area (Å²) in [5.74, 6) is -0.915. The van der Waals surface area contributed by atoms with E-state index in [1.807, 2.05) is 41.0 Å². The van der Waals surface area contributed by atoms with E-state index in [9.17, 15) is 0 Å². The molecule has 0 aliphatic heterocycles. The number of hydrogen-bond acceptors (Lipinski definition) is 4. The fourth-order valence-corrected chi connectivity index (χ4v) is 5.58. The van der Waals surface area contributed by atoms with Crippen LogP contribution in [0.15, 0.2) is 145 Å². The lowest BCUT2D eigenvalue weighted by atomic mass is 10.1. The van der Waals surface area contributed by atoms with Crippen molar-refractivity contribution in [1.29, 1.82) is 0 Å². The van der Waals surface area contributed by atoms with E-state index in [1.165, 1.54) is 0 Å². The van der Waals surface area contributed by atoms with Crippen LogP contribution in [0.25, 0.3) is 78.2 Å². The molecule has 0 unspecified atom stereocenters. The second kappa shape index (κ2) is 9.71. The molecule has 0 spiro atoms. The summed E-state index contributed by atoms with van der Waals surface area (Å²) in [5, 5.41) is 1.32. The molecule has 4 aromatic heterocycles. The third-order valence-corrected chi connectivity index (χ3v) is 7.40. The van der Waals surface area contributed by atoms with E-state index >= 15 is 0 Å². The van der Waals surface area contributed by atoms with E-state index in [0.29, 0.717) is 16.9 Å². The van der Waals surface area contributed by atoms with E-state index in [1.54, 1.807) is 30.5 Å². The fourth-order valence-electron chi connectivity index (χ4n) is 5.58. The van der Waals surface area contributed by atoms with Crippen molar-refractivity contribution >= 4 is 43.7 Å². The summed E-state index contributed by atoms with van der Waals surface area (Å²) in [5.41, 5.74) is 1.32. The molecule has 0 aliphatic carbocycles. The lowest BCUT2D eigenvalue weighted by Crippen LogP contribution is -2.07. The maximum Gasteiger partial charge on any atom is 0.238 e. The number of nitrogens with zero attached hydrogens (tertiary/aromatic N) is 6. The highest BCUT2D eigenvalue weighted by atomic mass is 15.2. The van der Waals surface area contributed by atoms with Crippen LogP contribution in [0, 0.1) is 0 Å². The Kier molecular flexibility index (Phi) is 3.28. The van der Waals surface area contributed by atoms with Crippen LogP contribution in [0.3, 0.4) is 0 Å². The summed E-state index contributed by atoms with van der Waals surface area (Å²) in [6, 6.07) is 10.3. The predicted molar refractivity (Wildman–Crippen MR) is 177 cm³/mol. The topological polar surface area (TPSA) is 61.4 Å². The van der Waals surface area contributed by atoms with Gasteiger partial charge in [0.1, 0.15) is 5.65 Å². The van der Waals surface area contributed by atoms with Gasteiger partial charge in [-0.2, -0.15) is 9.97 Å². The van der Waals surface area contributed by atoms with Crippen molar-refractivity contribution in [3.63, 3.8) is 0 Å². The lowest BCUT2D eigenvalue weighted by Gasteiger charge is -2.14. The van der Waals surface area contributed by atoms with E-state index < -0.39 is 95.9 Å². The molecule has 0 saturated carbocycles. The number of para-hydroxylation sites is 4. The predicted octanol–water partition coefficient (Wildman–Crippen LogP) is 8.79. The molecule has 9 rings (SSSR count). The Labute approximate surface area is 270 Å². The zero-order valence-electron chi connectivity index (χ0n) is 35.5. The van der Waals surface area contributed by atoms with Gasteiger partial charge in [-0.1, -0.05) is 96.8 Å². The zero-order chi connectivity index (χ0) is 40.3. The van der Waals surface area contributed by atoms with Crippen LogP contribution in [-0.4, -0.2) is 29.1 Å². The normalized spacial score (nSPS) is 15.8. The molecule has 0 N–H and O–H groups in total. The highest BCUT2D eigenvalue weighted by Crippen LogP contribution is 2.36. The number of pyridine rings is 1. The Morgan fingerprint density at radius 3 is 1.98 bits per heavy atom. The molecule has 9 aromatic rings. The zero-order valence-corrected chi connectivity index (χ0v) is 22.5. The summed E-state index contributed by atoms with van der Waals surface area (Å²) in [6.07, 6.45) is 1.66. The Bertz CT molecular complexity index is 3090. The SMILES string of the molecule is [2H]c1c([2H])c([2H])c(-c2nc(-c3ccccc3-n3c4ccccc4c4cccnc43)nc(-n3c4c([2H])c([2H])c([2H])c([2H])c4c4c([2H])c([2H])c([2H])c([2H])c43)n2)c([2H])c1[2H]. The van der Waals surface area contributed by atoms with Crippen LogP contribution in [0.4, 0.5) is 0 Å². The van der Waals surface area contributed by atoms with Crippen LogP contribution >= 0.6 is 0 Å². The van der Waals surface area contributed by atoms with Crippen LogP contribution in [0.5, 0.6) is 0 Å². The van der Waals surface area contributed by atoms with E-state index in [2.05, 4.69) is 4.98 Å². The fraction of sp³-hybridized carbons (Fsp3) is 0. The monoisotopic (exact) mass is 577 g/mol. The van der Waals surface area contributed by atoms with Gasteiger partial charge < -0.3 is 0 Å². The Morgan fingerprint density at radius 2 is 1.16 bits per heavy atom. The van der Waals surface area contributed by atoms with Crippen molar-refractivity contribution in [1.82, 2.24) is 29.1 Å². The van der Waals surface area contributed by atoms with Crippen LogP contribution in [0.1, 0.15) is 17.8 Å². The highest BCUT2D eigenvalue weighted by molar-refractivity contribution is 6.09. The van der Waals surface area contributed by atoms with Gasteiger partial charge in [0.05, 0.1) is 40.1 Å². The molecule has 0 amide bonds. The number of fused-ring (bicyclic) bond motifs is 6. The largest absolute Gasteiger partial charge is 0.293 e. The summed E-state index contributed by atoms with van der Waals surface area (Å²) in [4.78, 5) is 18.8. The van der Waals surface area contributed by atoms with Gasteiger partial charge in [-0.05, 0) is 42.4 Å². The Morgan fingerprint density at radius 1 is 0.500 bits per heavy atom. The smallest absolute Gasteiger partial charge is 0.238 e. The highest BCUT2D eigenvalue weighted by Gasteiger charge is 2.21. The molecule has 44 heavy (non-hydrogen) atoms. The van der Waals surface area contributed by atoms with Gasteiger partial charge in [-0.25, -0.2) is 9.97 Å². The first-order valence-corrected chi connectivity index (χ1v) is 13.5. The lowest BCUT2D eigenvalue weighted by molar-refractivity contribution is 0.951. The average molecular weight is 578 g/mol. The Hall–Kier alpha value is -6.14. The van der Waals surface area contributed by atoms with Gasteiger partial charge in [-0.3, -0.25) is 9.13 Å². The molecule has 5 aromatic carbocycles. The maximum atomic E-state index is 9.02. The number of rotatable bonds is 4. The molecule has 0 atom stereocenters. The van der Waals surface area contributed by atoms with Crippen LogP contribution in [-0.2, 0) is 0 Å². The average Bonchev–Trinajstić information content (AvgIpc) is 3.76. The standard InChI is InChI=1S/C38H24N6/c1-2-13-25(14-3-1)35-40-36(42-38(41-35)44-32-21-9-4-15-26(32)27-16-5-10-22-33(27)44)30-18-7-11-23-34(30)43-31-20-8-6-17-28(31)29-19-12-24-39-37(29)43/h1-24H/i1D,2D,3D,4D,5D,9D,10D,13D,14D,15D,16D,21D,22D. The molecular weight excluding hydrogens is 540 g/mol.